The number of carbonyl (C=O) groups is 2. The van der Waals surface area contributed by atoms with Crippen LogP contribution in [-0.2, 0) is 14.3 Å². The standard InChI is InChI=1S/C17H20N2O4/c1-11(2)23-16(21)17(10-18)12(3)9-15(20)19(17)13-5-7-14(22-4)8-6-13/h5-8,11-12H,9H2,1-4H3. The third kappa shape index (κ3) is 2.74. The van der Waals surface area contributed by atoms with Crippen LogP contribution in [0.1, 0.15) is 27.2 Å². The summed E-state index contributed by atoms with van der Waals surface area (Å²) in [6.45, 7) is 5.14. The molecule has 1 amide bonds. The summed E-state index contributed by atoms with van der Waals surface area (Å²) in [5, 5.41) is 9.75. The Morgan fingerprint density at radius 1 is 1.39 bits per heavy atom. The Balaban J connectivity index is 2.50. The van der Waals surface area contributed by atoms with Gasteiger partial charge in [-0.25, -0.2) is 4.79 Å². The van der Waals surface area contributed by atoms with Crippen LogP contribution in [0.15, 0.2) is 24.3 Å². The van der Waals surface area contributed by atoms with Gasteiger partial charge >= 0.3 is 5.97 Å². The quantitative estimate of drug-likeness (QED) is 0.796. The van der Waals surface area contributed by atoms with Gasteiger partial charge in [-0.2, -0.15) is 5.26 Å². The molecular formula is C17H20N2O4. The first-order valence-corrected chi connectivity index (χ1v) is 7.46. The second kappa shape index (κ2) is 6.29. The normalized spacial score (nSPS) is 23.7. The maximum Gasteiger partial charge on any atom is 0.348 e. The molecule has 23 heavy (non-hydrogen) atoms. The van der Waals surface area contributed by atoms with Gasteiger partial charge in [-0.05, 0) is 38.1 Å². The summed E-state index contributed by atoms with van der Waals surface area (Å²) in [6, 6.07) is 8.72. The van der Waals surface area contributed by atoms with Crippen LogP contribution in [0.5, 0.6) is 5.75 Å². The molecule has 6 heteroatoms. The molecule has 6 nitrogen and oxygen atoms in total. The van der Waals surface area contributed by atoms with Crippen LogP contribution in [0.2, 0.25) is 0 Å². The van der Waals surface area contributed by atoms with Gasteiger partial charge in [0.25, 0.3) is 0 Å². The highest BCUT2D eigenvalue weighted by atomic mass is 16.5. The van der Waals surface area contributed by atoms with Gasteiger partial charge < -0.3 is 9.47 Å². The largest absolute Gasteiger partial charge is 0.497 e. The summed E-state index contributed by atoms with van der Waals surface area (Å²) < 4.78 is 10.4. The fourth-order valence-corrected chi connectivity index (χ4v) is 2.80. The molecule has 0 bridgehead atoms. The summed E-state index contributed by atoms with van der Waals surface area (Å²) in [5.41, 5.74) is -1.17. The van der Waals surface area contributed by atoms with E-state index in [1.165, 1.54) is 12.0 Å². The van der Waals surface area contributed by atoms with Crippen LogP contribution in [0.4, 0.5) is 5.69 Å². The van der Waals surface area contributed by atoms with E-state index in [1.807, 2.05) is 6.07 Å². The number of nitriles is 1. The first-order valence-electron chi connectivity index (χ1n) is 7.46. The van der Waals surface area contributed by atoms with Crippen LogP contribution in [0, 0.1) is 17.2 Å². The first kappa shape index (κ1) is 16.8. The van der Waals surface area contributed by atoms with E-state index in [0.29, 0.717) is 11.4 Å². The molecule has 2 unspecified atom stereocenters. The maximum absolute atomic E-state index is 12.6. The monoisotopic (exact) mass is 316 g/mol. The highest BCUT2D eigenvalue weighted by Gasteiger charge is 2.59. The highest BCUT2D eigenvalue weighted by Crippen LogP contribution is 2.40. The van der Waals surface area contributed by atoms with Crippen molar-refractivity contribution in [2.75, 3.05) is 12.0 Å². The number of nitrogens with zero attached hydrogens (tertiary/aromatic N) is 2. The Labute approximate surface area is 135 Å². The molecule has 2 rings (SSSR count). The molecule has 1 aliphatic heterocycles. The van der Waals surface area contributed by atoms with Crippen molar-refractivity contribution in [3.05, 3.63) is 24.3 Å². The van der Waals surface area contributed by atoms with Crippen molar-refractivity contribution >= 4 is 17.6 Å². The third-order valence-corrected chi connectivity index (χ3v) is 3.95. The molecule has 1 heterocycles. The van der Waals surface area contributed by atoms with Crippen molar-refractivity contribution < 1.29 is 19.1 Å². The molecule has 1 fully saturated rings. The number of hydrogen-bond donors (Lipinski definition) is 0. The van der Waals surface area contributed by atoms with E-state index in [1.54, 1.807) is 45.0 Å². The molecule has 2 atom stereocenters. The average molecular weight is 316 g/mol. The Hall–Kier alpha value is -2.55. The Morgan fingerprint density at radius 3 is 2.48 bits per heavy atom. The number of hydrogen-bond acceptors (Lipinski definition) is 5. The second-order valence-corrected chi connectivity index (χ2v) is 5.86. The second-order valence-electron chi connectivity index (χ2n) is 5.86. The van der Waals surface area contributed by atoms with Crippen molar-refractivity contribution in [3.63, 3.8) is 0 Å². The number of benzene rings is 1. The molecule has 1 aromatic rings. The van der Waals surface area contributed by atoms with E-state index >= 15 is 0 Å². The Morgan fingerprint density at radius 2 is 2.00 bits per heavy atom. The van der Waals surface area contributed by atoms with E-state index in [4.69, 9.17) is 9.47 Å². The lowest BCUT2D eigenvalue weighted by Gasteiger charge is -2.33. The molecule has 0 aliphatic carbocycles. The van der Waals surface area contributed by atoms with Gasteiger partial charge in [-0.15, -0.1) is 0 Å². The highest BCUT2D eigenvalue weighted by molar-refractivity contribution is 6.07. The van der Waals surface area contributed by atoms with E-state index in [9.17, 15) is 14.9 Å². The van der Waals surface area contributed by atoms with Gasteiger partial charge in [0.15, 0.2) is 0 Å². The summed E-state index contributed by atoms with van der Waals surface area (Å²) >= 11 is 0. The van der Waals surface area contributed by atoms with Gasteiger partial charge in [0, 0.05) is 18.0 Å². The van der Waals surface area contributed by atoms with Crippen LogP contribution in [-0.4, -0.2) is 30.6 Å². The third-order valence-electron chi connectivity index (χ3n) is 3.95. The summed E-state index contributed by atoms with van der Waals surface area (Å²) in [7, 11) is 1.54. The lowest BCUT2D eigenvalue weighted by atomic mass is 9.87. The van der Waals surface area contributed by atoms with Gasteiger partial charge in [-0.3, -0.25) is 9.69 Å². The van der Waals surface area contributed by atoms with Crippen molar-refractivity contribution in [2.24, 2.45) is 5.92 Å². The minimum Gasteiger partial charge on any atom is -0.497 e. The smallest absolute Gasteiger partial charge is 0.348 e. The van der Waals surface area contributed by atoms with Crippen LogP contribution in [0.25, 0.3) is 0 Å². The number of esters is 1. The number of rotatable bonds is 4. The fraction of sp³-hybridized carbons (Fsp3) is 0.471. The molecule has 0 saturated carbocycles. The minimum absolute atomic E-state index is 0.118. The topological polar surface area (TPSA) is 79.6 Å². The minimum atomic E-state index is -1.64. The number of amides is 1. The van der Waals surface area contributed by atoms with Crippen LogP contribution < -0.4 is 9.64 Å². The molecule has 0 N–H and O–H groups in total. The lowest BCUT2D eigenvalue weighted by Crippen LogP contribution is -2.55. The summed E-state index contributed by atoms with van der Waals surface area (Å²) in [4.78, 5) is 26.3. The number of ether oxygens (including phenoxy) is 2. The van der Waals surface area contributed by atoms with Gasteiger partial charge in [0.05, 0.1) is 13.2 Å². The van der Waals surface area contributed by atoms with E-state index in [-0.39, 0.29) is 18.4 Å². The molecular weight excluding hydrogens is 296 g/mol. The molecule has 0 aromatic heterocycles. The predicted molar refractivity (Wildman–Crippen MR) is 83.8 cm³/mol. The van der Waals surface area contributed by atoms with Crippen LogP contribution in [0.3, 0.4) is 0 Å². The van der Waals surface area contributed by atoms with Gasteiger partial charge in [-0.1, -0.05) is 6.92 Å². The average Bonchev–Trinajstić information content (AvgIpc) is 2.77. The maximum atomic E-state index is 12.6. The zero-order valence-electron chi connectivity index (χ0n) is 13.7. The molecule has 1 aromatic carbocycles. The predicted octanol–water partition coefficient (Wildman–Crippen LogP) is 2.28. The molecule has 0 spiro atoms. The lowest BCUT2D eigenvalue weighted by molar-refractivity contribution is -0.153. The molecule has 0 radical (unpaired) electrons. The molecule has 1 aliphatic rings. The van der Waals surface area contributed by atoms with Gasteiger partial charge in [0.1, 0.15) is 11.8 Å². The first-order chi connectivity index (χ1) is 10.9. The number of methoxy groups -OCH3 is 1. The van der Waals surface area contributed by atoms with E-state index in [0.717, 1.165) is 0 Å². The van der Waals surface area contributed by atoms with E-state index < -0.39 is 17.4 Å². The van der Waals surface area contributed by atoms with E-state index in [2.05, 4.69) is 0 Å². The van der Waals surface area contributed by atoms with Crippen molar-refractivity contribution in [1.29, 1.82) is 5.26 Å². The fourth-order valence-electron chi connectivity index (χ4n) is 2.80. The Kier molecular flexibility index (Phi) is 4.60. The zero-order valence-corrected chi connectivity index (χ0v) is 13.7. The molecule has 122 valence electrons. The van der Waals surface area contributed by atoms with Crippen LogP contribution >= 0.6 is 0 Å². The summed E-state index contributed by atoms with van der Waals surface area (Å²) in [6.07, 6.45) is -0.249. The van der Waals surface area contributed by atoms with Crippen molar-refractivity contribution in [1.82, 2.24) is 0 Å². The van der Waals surface area contributed by atoms with Crippen molar-refractivity contribution in [3.8, 4) is 11.8 Å². The number of anilines is 1. The van der Waals surface area contributed by atoms with Crippen molar-refractivity contribution in [2.45, 2.75) is 38.8 Å². The van der Waals surface area contributed by atoms with Gasteiger partial charge in [0.2, 0.25) is 11.4 Å². The number of carbonyl (C=O) groups excluding carboxylic acids is 2. The Bertz CT molecular complexity index is 648. The SMILES string of the molecule is COc1ccc(N2C(=O)CC(C)C2(C#N)C(=O)OC(C)C)cc1. The summed E-state index contributed by atoms with van der Waals surface area (Å²) in [5.74, 6) is -0.803. The zero-order chi connectivity index (χ0) is 17.2. The molecule has 1 saturated heterocycles.